The molecule has 2 rings (SSSR count). The number of ether oxygens (including phenoxy) is 1. The van der Waals surface area contributed by atoms with Crippen molar-refractivity contribution in [1.82, 2.24) is 4.90 Å². The van der Waals surface area contributed by atoms with Crippen molar-refractivity contribution in [3.8, 4) is 5.75 Å². The van der Waals surface area contributed by atoms with E-state index in [1.807, 2.05) is 13.0 Å². The molecule has 0 saturated heterocycles. The second-order valence-electron chi connectivity index (χ2n) is 7.13. The van der Waals surface area contributed by atoms with Crippen molar-refractivity contribution >= 4 is 22.6 Å². The predicted octanol–water partition coefficient (Wildman–Crippen LogP) is 4.57. The van der Waals surface area contributed by atoms with Crippen molar-refractivity contribution in [2.24, 2.45) is 0 Å². The van der Waals surface area contributed by atoms with Crippen LogP contribution in [-0.2, 0) is 6.42 Å². The maximum Gasteiger partial charge on any atom is 0.339 e. The number of hydrogen-bond acceptors (Lipinski definition) is 5. The Labute approximate surface area is 172 Å². The first-order valence-electron chi connectivity index (χ1n) is 10.2. The minimum Gasteiger partial charge on any atom is -0.489 e. The number of nitrogens with zero attached hydrogens (tertiary/aromatic N) is 1. The number of likely N-dealkylation sites (N-methyl/N-ethyl adjacent to an activating group) is 1. The normalized spacial score (nSPS) is 12.7. The number of aryl methyl sites for hydroxylation is 1. The zero-order chi connectivity index (χ0) is 20.7. The maximum atomic E-state index is 12.6. The van der Waals surface area contributed by atoms with E-state index in [1.165, 1.54) is 0 Å². The van der Waals surface area contributed by atoms with E-state index in [0.29, 0.717) is 29.7 Å². The third-order valence-electron chi connectivity index (χ3n) is 5.25. The van der Waals surface area contributed by atoms with Crippen LogP contribution >= 0.6 is 11.6 Å². The summed E-state index contributed by atoms with van der Waals surface area (Å²) in [7, 11) is 0. The number of fused-ring (bicyclic) bond motifs is 1. The fourth-order valence-electron chi connectivity index (χ4n) is 3.32. The van der Waals surface area contributed by atoms with Crippen LogP contribution < -0.4 is 10.4 Å². The molecular weight excluding hydrogens is 378 g/mol. The first-order valence-corrected chi connectivity index (χ1v) is 10.6. The lowest BCUT2D eigenvalue weighted by molar-refractivity contribution is 0.0981. The van der Waals surface area contributed by atoms with E-state index in [-0.39, 0.29) is 17.3 Å². The quantitative estimate of drug-likeness (QED) is 0.551. The predicted molar refractivity (Wildman–Crippen MR) is 115 cm³/mol. The summed E-state index contributed by atoms with van der Waals surface area (Å²) < 4.78 is 11.2. The van der Waals surface area contributed by atoms with Crippen LogP contribution in [0.15, 0.2) is 21.3 Å². The lowest BCUT2D eigenvalue weighted by atomic mass is 10.0. The Hall–Kier alpha value is -1.56. The number of benzene rings is 1. The molecule has 1 heterocycles. The Morgan fingerprint density at radius 3 is 2.61 bits per heavy atom. The molecule has 1 atom stereocenters. The Morgan fingerprint density at radius 2 is 1.96 bits per heavy atom. The van der Waals surface area contributed by atoms with Gasteiger partial charge in [-0.15, -0.1) is 0 Å². The molecule has 0 amide bonds. The van der Waals surface area contributed by atoms with Gasteiger partial charge in [-0.25, -0.2) is 4.79 Å². The van der Waals surface area contributed by atoms with E-state index >= 15 is 0 Å². The molecule has 1 aromatic heterocycles. The van der Waals surface area contributed by atoms with E-state index in [4.69, 9.17) is 20.8 Å². The van der Waals surface area contributed by atoms with Crippen molar-refractivity contribution in [3.63, 3.8) is 0 Å². The van der Waals surface area contributed by atoms with Gasteiger partial charge in [0, 0.05) is 17.5 Å². The Kier molecular flexibility index (Phi) is 8.80. The second kappa shape index (κ2) is 10.8. The molecule has 1 N–H and O–H groups in total. The summed E-state index contributed by atoms with van der Waals surface area (Å²) in [6.07, 6.45) is 2.76. The molecule has 0 bridgehead atoms. The van der Waals surface area contributed by atoms with Crippen LogP contribution in [0.3, 0.4) is 0 Å². The fourth-order valence-corrected chi connectivity index (χ4v) is 3.58. The third-order valence-corrected chi connectivity index (χ3v) is 5.61. The topological polar surface area (TPSA) is 62.9 Å². The lowest BCUT2D eigenvalue weighted by Gasteiger charge is -2.18. The van der Waals surface area contributed by atoms with Gasteiger partial charge in [0.15, 0.2) is 5.58 Å². The molecule has 28 heavy (non-hydrogen) atoms. The maximum absolute atomic E-state index is 12.6. The molecule has 0 spiro atoms. The standard InChI is InChI=1S/C22H32ClNO4/c1-5-8-9-16(25)14-27-19-11-10-17-15(4)18(12-13-24(6-2)7-3)22(26)28-21(17)20(19)23/h10-11,16,25H,5-9,12-14H2,1-4H3. The zero-order valence-electron chi connectivity index (χ0n) is 17.4. The second-order valence-corrected chi connectivity index (χ2v) is 7.51. The molecule has 5 nitrogen and oxygen atoms in total. The Morgan fingerprint density at radius 1 is 1.25 bits per heavy atom. The molecule has 1 aromatic carbocycles. The third kappa shape index (κ3) is 5.49. The highest BCUT2D eigenvalue weighted by Gasteiger charge is 2.17. The van der Waals surface area contributed by atoms with Crippen LogP contribution in [0, 0.1) is 6.92 Å². The molecule has 0 radical (unpaired) electrons. The van der Waals surface area contributed by atoms with Gasteiger partial charge < -0.3 is 19.2 Å². The number of halogens is 1. The molecule has 0 aliphatic rings. The van der Waals surface area contributed by atoms with Crippen LogP contribution in [0.5, 0.6) is 5.75 Å². The molecule has 1 unspecified atom stereocenters. The Balaban J connectivity index is 2.25. The molecular formula is C22H32ClNO4. The monoisotopic (exact) mass is 409 g/mol. The van der Waals surface area contributed by atoms with Gasteiger partial charge >= 0.3 is 5.63 Å². The highest BCUT2D eigenvalue weighted by Crippen LogP contribution is 2.34. The molecule has 156 valence electrons. The van der Waals surface area contributed by atoms with Crippen molar-refractivity contribution in [2.45, 2.75) is 59.5 Å². The number of hydrogen-bond donors (Lipinski definition) is 1. The SMILES string of the molecule is CCCCC(O)COc1ccc2c(C)c(CCN(CC)CC)c(=O)oc2c1Cl. The van der Waals surface area contributed by atoms with Gasteiger partial charge in [0.05, 0.1) is 6.10 Å². The van der Waals surface area contributed by atoms with Crippen LogP contribution in [-0.4, -0.2) is 42.4 Å². The van der Waals surface area contributed by atoms with Gasteiger partial charge in [0.1, 0.15) is 17.4 Å². The van der Waals surface area contributed by atoms with Gasteiger partial charge in [-0.2, -0.15) is 0 Å². The highest BCUT2D eigenvalue weighted by molar-refractivity contribution is 6.36. The van der Waals surface area contributed by atoms with Gasteiger partial charge in [-0.05, 0) is 50.6 Å². The molecule has 0 saturated carbocycles. The van der Waals surface area contributed by atoms with Crippen molar-refractivity contribution < 1.29 is 14.3 Å². The molecule has 0 fully saturated rings. The average molecular weight is 410 g/mol. The van der Waals surface area contributed by atoms with Crippen LogP contribution in [0.2, 0.25) is 5.02 Å². The summed E-state index contributed by atoms with van der Waals surface area (Å²) in [5.41, 5.74) is 1.59. The summed E-state index contributed by atoms with van der Waals surface area (Å²) >= 11 is 6.45. The van der Waals surface area contributed by atoms with Crippen LogP contribution in [0.25, 0.3) is 11.0 Å². The van der Waals surface area contributed by atoms with Gasteiger partial charge in [-0.1, -0.05) is 45.2 Å². The van der Waals surface area contributed by atoms with Crippen molar-refractivity contribution in [1.29, 1.82) is 0 Å². The van der Waals surface area contributed by atoms with E-state index in [1.54, 1.807) is 6.07 Å². The summed E-state index contributed by atoms with van der Waals surface area (Å²) in [4.78, 5) is 14.8. The first kappa shape index (κ1) is 22.7. The lowest BCUT2D eigenvalue weighted by Crippen LogP contribution is -2.27. The number of aliphatic hydroxyl groups excluding tert-OH is 1. The number of unbranched alkanes of at least 4 members (excludes halogenated alkanes) is 1. The largest absolute Gasteiger partial charge is 0.489 e. The van der Waals surface area contributed by atoms with Crippen LogP contribution in [0.1, 0.15) is 51.2 Å². The molecule has 2 aromatic rings. The van der Waals surface area contributed by atoms with Crippen molar-refractivity contribution in [2.75, 3.05) is 26.2 Å². The fraction of sp³-hybridized carbons (Fsp3) is 0.591. The smallest absolute Gasteiger partial charge is 0.339 e. The number of aliphatic hydroxyl groups is 1. The molecule has 0 aliphatic heterocycles. The molecule has 6 heteroatoms. The summed E-state index contributed by atoms with van der Waals surface area (Å²) in [5.74, 6) is 0.420. The molecule has 0 aliphatic carbocycles. The minimum absolute atomic E-state index is 0.163. The Bertz CT molecular complexity index is 829. The van der Waals surface area contributed by atoms with Gasteiger partial charge in [0.2, 0.25) is 0 Å². The highest BCUT2D eigenvalue weighted by atomic mass is 35.5. The van der Waals surface area contributed by atoms with E-state index in [0.717, 1.165) is 43.4 Å². The van der Waals surface area contributed by atoms with Gasteiger partial charge in [-0.3, -0.25) is 0 Å². The van der Waals surface area contributed by atoms with Crippen molar-refractivity contribution in [3.05, 3.63) is 38.7 Å². The average Bonchev–Trinajstić information content (AvgIpc) is 2.69. The summed E-state index contributed by atoms with van der Waals surface area (Å²) in [5, 5.41) is 11.1. The van der Waals surface area contributed by atoms with E-state index in [9.17, 15) is 9.90 Å². The minimum atomic E-state index is -0.539. The van der Waals surface area contributed by atoms with Gasteiger partial charge in [0.25, 0.3) is 0 Å². The van der Waals surface area contributed by atoms with Crippen LogP contribution in [0.4, 0.5) is 0 Å². The van der Waals surface area contributed by atoms with E-state index < -0.39 is 6.10 Å². The zero-order valence-corrected chi connectivity index (χ0v) is 18.1. The summed E-state index contributed by atoms with van der Waals surface area (Å²) in [6, 6.07) is 3.65. The van der Waals surface area contributed by atoms with E-state index in [2.05, 4.69) is 25.7 Å². The number of rotatable bonds is 11. The summed E-state index contributed by atoms with van der Waals surface area (Å²) in [6.45, 7) is 11.1. The first-order chi connectivity index (χ1) is 13.4.